The smallest absolute Gasteiger partial charge is 0.258 e. The van der Waals surface area contributed by atoms with Crippen LogP contribution in [0.1, 0.15) is 57.5 Å². The molecular weight excluding hydrogens is 462 g/mol. The van der Waals surface area contributed by atoms with Gasteiger partial charge in [-0.05, 0) is 75.2 Å². The highest BCUT2D eigenvalue weighted by Gasteiger charge is 2.17. The number of carbonyl (C=O) groups excluding carboxylic acids is 2. The third kappa shape index (κ3) is 7.80. The summed E-state index contributed by atoms with van der Waals surface area (Å²) in [5.74, 6) is -0.300. The fourth-order valence-corrected chi connectivity index (χ4v) is 3.74. The number of rotatable bonds is 11. The molecule has 0 bridgehead atoms. The molecule has 8 heteroatoms. The number of pyridine rings is 1. The highest BCUT2D eigenvalue weighted by atomic mass is 35.5. The molecule has 0 saturated carbocycles. The highest BCUT2D eigenvalue weighted by molar-refractivity contribution is 6.30. The van der Waals surface area contributed by atoms with E-state index in [1.807, 2.05) is 32.0 Å². The molecular formula is C27H32ClN5O2. The standard InChI is InChI=1S/C27H32ClN5O2/c1-18-8-11-23(22(15-18)27(35)33-25-12-9-20(28)17-31-25)32-26(34)21-10-7-19(2)16-24(21)30-14-6-4-3-5-13-29/h7-12,15-17,30H,3-6,13-14,29H2,1-2H3,(H,32,34)(H,31,33,35). The molecule has 7 nitrogen and oxygen atoms in total. The lowest BCUT2D eigenvalue weighted by atomic mass is 10.1. The molecule has 0 aliphatic carbocycles. The molecule has 184 valence electrons. The fourth-order valence-electron chi connectivity index (χ4n) is 3.63. The molecule has 0 radical (unpaired) electrons. The summed E-state index contributed by atoms with van der Waals surface area (Å²) in [6.45, 7) is 5.35. The fraction of sp³-hybridized carbons (Fsp3) is 0.296. The van der Waals surface area contributed by atoms with E-state index in [9.17, 15) is 9.59 Å². The molecule has 0 atom stereocenters. The third-order valence-electron chi connectivity index (χ3n) is 5.50. The van der Waals surface area contributed by atoms with Gasteiger partial charge in [-0.15, -0.1) is 0 Å². The van der Waals surface area contributed by atoms with Crippen molar-refractivity contribution in [2.45, 2.75) is 39.5 Å². The summed E-state index contributed by atoms with van der Waals surface area (Å²) >= 11 is 5.88. The summed E-state index contributed by atoms with van der Waals surface area (Å²) in [6.07, 6.45) is 5.67. The van der Waals surface area contributed by atoms with Gasteiger partial charge in [0.15, 0.2) is 0 Å². The minimum Gasteiger partial charge on any atom is -0.384 e. The Morgan fingerprint density at radius 1 is 0.829 bits per heavy atom. The molecule has 5 N–H and O–H groups in total. The predicted molar refractivity (Wildman–Crippen MR) is 144 cm³/mol. The first-order valence-electron chi connectivity index (χ1n) is 11.8. The molecule has 2 amide bonds. The van der Waals surface area contributed by atoms with Crippen LogP contribution in [0.15, 0.2) is 54.7 Å². The van der Waals surface area contributed by atoms with Crippen molar-refractivity contribution in [1.29, 1.82) is 0 Å². The molecule has 0 fully saturated rings. The maximum absolute atomic E-state index is 13.3. The van der Waals surface area contributed by atoms with E-state index >= 15 is 0 Å². The van der Waals surface area contributed by atoms with E-state index in [-0.39, 0.29) is 11.8 Å². The van der Waals surface area contributed by atoms with Gasteiger partial charge in [-0.1, -0.05) is 42.1 Å². The molecule has 1 aromatic heterocycles. The van der Waals surface area contributed by atoms with Gasteiger partial charge in [-0.3, -0.25) is 9.59 Å². The number of aromatic nitrogens is 1. The molecule has 0 saturated heterocycles. The number of benzene rings is 2. The molecule has 0 aliphatic heterocycles. The topological polar surface area (TPSA) is 109 Å². The number of nitrogens with two attached hydrogens (primary N) is 1. The van der Waals surface area contributed by atoms with Gasteiger partial charge in [0.1, 0.15) is 5.82 Å². The number of unbranched alkanes of at least 4 members (excludes halogenated alkanes) is 3. The normalized spacial score (nSPS) is 10.6. The summed E-state index contributed by atoms with van der Waals surface area (Å²) in [6, 6.07) is 14.2. The molecule has 0 spiro atoms. The van der Waals surface area contributed by atoms with Gasteiger partial charge in [0.2, 0.25) is 0 Å². The largest absolute Gasteiger partial charge is 0.384 e. The number of halogens is 1. The van der Waals surface area contributed by atoms with Crippen LogP contribution in [0.25, 0.3) is 0 Å². The second-order valence-corrected chi connectivity index (χ2v) is 8.93. The van der Waals surface area contributed by atoms with Crippen LogP contribution in [0, 0.1) is 13.8 Å². The second-order valence-electron chi connectivity index (χ2n) is 8.50. The molecule has 3 aromatic rings. The SMILES string of the molecule is Cc1ccc(C(=O)Nc2ccc(C)cc2C(=O)Nc2ccc(Cl)cn2)c(NCCCCCCN)c1. The van der Waals surface area contributed by atoms with Crippen LogP contribution in [-0.4, -0.2) is 29.9 Å². The summed E-state index contributed by atoms with van der Waals surface area (Å²) in [7, 11) is 0. The Hall–Kier alpha value is -3.42. The van der Waals surface area contributed by atoms with Gasteiger partial charge in [-0.2, -0.15) is 0 Å². The summed E-state index contributed by atoms with van der Waals surface area (Å²) in [4.78, 5) is 30.4. The maximum atomic E-state index is 13.3. The summed E-state index contributed by atoms with van der Waals surface area (Å²) < 4.78 is 0. The average molecular weight is 494 g/mol. The number of aryl methyl sites for hydroxylation is 2. The number of anilines is 3. The molecule has 1 heterocycles. The zero-order chi connectivity index (χ0) is 25.2. The zero-order valence-corrected chi connectivity index (χ0v) is 20.9. The minimum atomic E-state index is -0.376. The Morgan fingerprint density at radius 2 is 1.54 bits per heavy atom. The van der Waals surface area contributed by atoms with Crippen molar-refractivity contribution in [3.05, 3.63) is 82.0 Å². The molecule has 2 aromatic carbocycles. The Bertz CT molecular complexity index is 1160. The van der Waals surface area contributed by atoms with Crippen LogP contribution >= 0.6 is 11.6 Å². The number of amides is 2. The first-order valence-corrected chi connectivity index (χ1v) is 12.1. The van der Waals surface area contributed by atoms with Gasteiger partial charge in [0.05, 0.1) is 21.8 Å². The molecule has 0 unspecified atom stereocenters. The van der Waals surface area contributed by atoms with E-state index in [4.69, 9.17) is 17.3 Å². The predicted octanol–water partition coefficient (Wildman–Crippen LogP) is 5.79. The number of hydrogen-bond donors (Lipinski definition) is 4. The summed E-state index contributed by atoms with van der Waals surface area (Å²) in [5.41, 5.74) is 9.55. The lowest BCUT2D eigenvalue weighted by Gasteiger charge is -2.15. The first kappa shape index (κ1) is 26.2. The Balaban J connectivity index is 1.75. The van der Waals surface area contributed by atoms with Gasteiger partial charge < -0.3 is 21.7 Å². The molecule has 3 rings (SSSR count). The van der Waals surface area contributed by atoms with Crippen molar-refractivity contribution in [1.82, 2.24) is 4.98 Å². The summed E-state index contributed by atoms with van der Waals surface area (Å²) in [5, 5.41) is 9.53. The third-order valence-corrected chi connectivity index (χ3v) is 5.73. The Labute approximate surface area is 211 Å². The van der Waals surface area contributed by atoms with Crippen LogP contribution in [0.5, 0.6) is 0 Å². The van der Waals surface area contributed by atoms with Crippen LogP contribution in [0.4, 0.5) is 17.2 Å². The van der Waals surface area contributed by atoms with Crippen molar-refractivity contribution < 1.29 is 9.59 Å². The van der Waals surface area contributed by atoms with E-state index in [1.165, 1.54) is 6.20 Å². The molecule has 0 aliphatic rings. The Morgan fingerprint density at radius 3 is 2.29 bits per heavy atom. The van der Waals surface area contributed by atoms with E-state index in [1.54, 1.807) is 30.3 Å². The van der Waals surface area contributed by atoms with Gasteiger partial charge >= 0.3 is 0 Å². The average Bonchev–Trinajstić information content (AvgIpc) is 2.83. The van der Waals surface area contributed by atoms with Crippen molar-refractivity contribution in [3.8, 4) is 0 Å². The Kier molecular flexibility index (Phi) is 9.64. The van der Waals surface area contributed by atoms with E-state index < -0.39 is 0 Å². The number of carbonyl (C=O) groups is 2. The highest BCUT2D eigenvalue weighted by Crippen LogP contribution is 2.23. The lowest BCUT2D eigenvalue weighted by molar-refractivity contribution is 0.102. The van der Waals surface area contributed by atoms with E-state index in [2.05, 4.69) is 20.9 Å². The van der Waals surface area contributed by atoms with Crippen molar-refractivity contribution >= 4 is 40.6 Å². The van der Waals surface area contributed by atoms with E-state index in [0.29, 0.717) is 34.2 Å². The monoisotopic (exact) mass is 493 g/mol. The lowest BCUT2D eigenvalue weighted by Crippen LogP contribution is -2.20. The van der Waals surface area contributed by atoms with Crippen molar-refractivity contribution in [2.24, 2.45) is 5.73 Å². The van der Waals surface area contributed by atoms with Crippen LogP contribution in [0.2, 0.25) is 5.02 Å². The van der Waals surface area contributed by atoms with Crippen molar-refractivity contribution in [2.75, 3.05) is 29.0 Å². The second kappa shape index (κ2) is 12.9. The quantitative estimate of drug-likeness (QED) is 0.253. The number of hydrogen-bond acceptors (Lipinski definition) is 5. The number of nitrogens with one attached hydrogen (secondary N) is 3. The van der Waals surface area contributed by atoms with Crippen LogP contribution < -0.4 is 21.7 Å². The number of nitrogens with zero attached hydrogens (tertiary/aromatic N) is 1. The maximum Gasteiger partial charge on any atom is 0.258 e. The van der Waals surface area contributed by atoms with Gasteiger partial charge in [0, 0.05) is 18.4 Å². The zero-order valence-electron chi connectivity index (χ0n) is 20.2. The van der Waals surface area contributed by atoms with E-state index in [0.717, 1.165) is 49.0 Å². The van der Waals surface area contributed by atoms with Gasteiger partial charge in [-0.25, -0.2) is 4.98 Å². The minimum absolute atomic E-state index is 0.293. The first-order chi connectivity index (χ1) is 16.9. The van der Waals surface area contributed by atoms with Gasteiger partial charge in [0.25, 0.3) is 11.8 Å². The molecule has 35 heavy (non-hydrogen) atoms. The van der Waals surface area contributed by atoms with Crippen LogP contribution in [-0.2, 0) is 0 Å². The van der Waals surface area contributed by atoms with Crippen LogP contribution in [0.3, 0.4) is 0 Å². The van der Waals surface area contributed by atoms with Crippen molar-refractivity contribution in [3.63, 3.8) is 0 Å².